The van der Waals surface area contributed by atoms with Gasteiger partial charge in [0, 0.05) is 23.5 Å². The number of aliphatic imine (C=N–C) groups is 1. The van der Waals surface area contributed by atoms with Crippen LogP contribution in [0.5, 0.6) is 0 Å². The number of aromatic nitrogens is 1. The van der Waals surface area contributed by atoms with Crippen molar-refractivity contribution >= 4 is 17.3 Å². The van der Waals surface area contributed by atoms with Gasteiger partial charge in [0.2, 0.25) is 0 Å². The number of hydrogen-bond donors (Lipinski definition) is 2. The van der Waals surface area contributed by atoms with Gasteiger partial charge in [0.15, 0.2) is 5.96 Å². The molecule has 0 aliphatic heterocycles. The first-order valence-corrected chi connectivity index (χ1v) is 11.1. The van der Waals surface area contributed by atoms with Crippen molar-refractivity contribution in [2.45, 2.75) is 53.1 Å². The second-order valence-electron chi connectivity index (χ2n) is 7.03. The minimum atomic E-state index is 0.393. The molecular formula is C22H35N5S. The third-order valence-electron chi connectivity index (χ3n) is 4.94. The van der Waals surface area contributed by atoms with Gasteiger partial charge in [-0.1, -0.05) is 44.2 Å². The molecule has 2 rings (SSSR count). The number of benzene rings is 1. The van der Waals surface area contributed by atoms with Gasteiger partial charge < -0.3 is 15.5 Å². The quantitative estimate of drug-likeness (QED) is 0.460. The van der Waals surface area contributed by atoms with Gasteiger partial charge in [-0.2, -0.15) is 0 Å². The molecule has 0 fully saturated rings. The van der Waals surface area contributed by atoms with Gasteiger partial charge in [0.25, 0.3) is 0 Å². The Morgan fingerprint density at radius 2 is 1.93 bits per heavy atom. The maximum absolute atomic E-state index is 4.73. The lowest BCUT2D eigenvalue weighted by Gasteiger charge is -2.21. The largest absolute Gasteiger partial charge is 0.354 e. The first-order chi connectivity index (χ1) is 13.6. The number of nitrogens with zero attached hydrogens (tertiary/aromatic N) is 3. The number of rotatable bonds is 10. The van der Waals surface area contributed by atoms with Crippen LogP contribution < -0.4 is 10.6 Å². The molecule has 2 N–H and O–H groups in total. The zero-order valence-corrected chi connectivity index (χ0v) is 18.8. The van der Waals surface area contributed by atoms with Gasteiger partial charge in [-0.3, -0.25) is 4.99 Å². The Morgan fingerprint density at radius 3 is 2.57 bits per heavy atom. The Balaban J connectivity index is 1.83. The van der Waals surface area contributed by atoms with Crippen molar-refractivity contribution in [2.24, 2.45) is 4.99 Å². The SMILES string of the molecule is CCN(CC)CCCC(C)NC(=NC)NCc1sc(-c2ccccc2)nc1C. The van der Waals surface area contributed by atoms with E-state index in [1.165, 1.54) is 16.9 Å². The number of aryl methyl sites for hydroxylation is 1. The maximum Gasteiger partial charge on any atom is 0.191 e. The summed E-state index contributed by atoms with van der Waals surface area (Å²) < 4.78 is 0. The third kappa shape index (κ3) is 6.91. The molecule has 1 unspecified atom stereocenters. The summed E-state index contributed by atoms with van der Waals surface area (Å²) in [7, 11) is 1.83. The van der Waals surface area contributed by atoms with Gasteiger partial charge >= 0.3 is 0 Å². The van der Waals surface area contributed by atoms with Crippen molar-refractivity contribution in [2.75, 3.05) is 26.7 Å². The lowest BCUT2D eigenvalue weighted by molar-refractivity contribution is 0.292. The molecule has 1 atom stereocenters. The molecule has 0 saturated carbocycles. The molecule has 1 aromatic carbocycles. The summed E-state index contributed by atoms with van der Waals surface area (Å²) in [6.07, 6.45) is 2.33. The fraction of sp³-hybridized carbons (Fsp3) is 0.545. The van der Waals surface area contributed by atoms with Gasteiger partial charge in [-0.15, -0.1) is 11.3 Å². The predicted molar refractivity (Wildman–Crippen MR) is 122 cm³/mol. The van der Waals surface area contributed by atoms with Crippen LogP contribution in [0.15, 0.2) is 35.3 Å². The van der Waals surface area contributed by atoms with Gasteiger partial charge in [0.05, 0.1) is 12.2 Å². The average Bonchev–Trinajstić information content (AvgIpc) is 3.09. The maximum atomic E-state index is 4.73. The zero-order valence-electron chi connectivity index (χ0n) is 18.0. The van der Waals surface area contributed by atoms with Crippen LogP contribution in [0.25, 0.3) is 10.6 Å². The highest BCUT2D eigenvalue weighted by atomic mass is 32.1. The van der Waals surface area contributed by atoms with Gasteiger partial charge in [-0.25, -0.2) is 4.98 Å². The number of thiazole rings is 1. The molecular weight excluding hydrogens is 366 g/mol. The normalized spacial score (nSPS) is 13.0. The average molecular weight is 402 g/mol. The lowest BCUT2D eigenvalue weighted by Crippen LogP contribution is -2.42. The van der Waals surface area contributed by atoms with E-state index in [-0.39, 0.29) is 0 Å². The van der Waals surface area contributed by atoms with E-state index in [0.29, 0.717) is 6.04 Å². The minimum Gasteiger partial charge on any atom is -0.354 e. The van der Waals surface area contributed by atoms with Crippen LogP contribution in [0.2, 0.25) is 0 Å². The molecule has 0 aliphatic carbocycles. The predicted octanol–water partition coefficient (Wildman–Crippen LogP) is 4.29. The van der Waals surface area contributed by atoms with Crippen molar-refractivity contribution in [3.8, 4) is 10.6 Å². The topological polar surface area (TPSA) is 52.5 Å². The molecule has 0 bridgehead atoms. The Labute approximate surface area is 174 Å². The zero-order chi connectivity index (χ0) is 20.4. The molecule has 6 heteroatoms. The molecule has 5 nitrogen and oxygen atoms in total. The molecule has 154 valence electrons. The minimum absolute atomic E-state index is 0.393. The molecule has 2 aromatic rings. The monoisotopic (exact) mass is 401 g/mol. The van der Waals surface area contributed by atoms with E-state index in [1.807, 2.05) is 13.1 Å². The highest BCUT2D eigenvalue weighted by molar-refractivity contribution is 7.15. The van der Waals surface area contributed by atoms with Crippen LogP contribution >= 0.6 is 11.3 Å². The van der Waals surface area contributed by atoms with E-state index < -0.39 is 0 Å². The van der Waals surface area contributed by atoms with E-state index in [2.05, 4.69) is 72.5 Å². The van der Waals surface area contributed by atoms with Crippen LogP contribution in [0.3, 0.4) is 0 Å². The third-order valence-corrected chi connectivity index (χ3v) is 6.15. The van der Waals surface area contributed by atoms with Crippen molar-refractivity contribution in [1.82, 2.24) is 20.5 Å². The summed E-state index contributed by atoms with van der Waals surface area (Å²) in [5, 5.41) is 8.02. The van der Waals surface area contributed by atoms with Crippen LogP contribution in [0.1, 0.15) is 44.2 Å². The summed E-state index contributed by atoms with van der Waals surface area (Å²) >= 11 is 1.74. The number of nitrogens with one attached hydrogen (secondary N) is 2. The second-order valence-corrected chi connectivity index (χ2v) is 8.12. The Kier molecular flexibility index (Phi) is 9.44. The van der Waals surface area contributed by atoms with Crippen molar-refractivity contribution in [3.05, 3.63) is 40.9 Å². The van der Waals surface area contributed by atoms with E-state index in [9.17, 15) is 0 Å². The Bertz CT molecular complexity index is 722. The van der Waals surface area contributed by atoms with Crippen LogP contribution in [-0.2, 0) is 6.54 Å². The van der Waals surface area contributed by atoms with E-state index >= 15 is 0 Å². The van der Waals surface area contributed by atoms with Crippen molar-refractivity contribution < 1.29 is 0 Å². The summed E-state index contributed by atoms with van der Waals surface area (Å²) in [5.74, 6) is 0.851. The van der Waals surface area contributed by atoms with Crippen LogP contribution in [0.4, 0.5) is 0 Å². The number of guanidine groups is 1. The van der Waals surface area contributed by atoms with E-state index in [0.717, 1.165) is 49.3 Å². The van der Waals surface area contributed by atoms with Crippen molar-refractivity contribution in [1.29, 1.82) is 0 Å². The molecule has 0 saturated heterocycles. The second kappa shape index (κ2) is 11.8. The highest BCUT2D eigenvalue weighted by Gasteiger charge is 2.11. The molecule has 1 heterocycles. The van der Waals surface area contributed by atoms with Gasteiger partial charge in [-0.05, 0) is 46.3 Å². The first kappa shape index (κ1) is 22.4. The summed E-state index contributed by atoms with van der Waals surface area (Å²) in [6.45, 7) is 12.9. The standard InChI is InChI=1S/C22H35N5S/c1-6-27(7-2)15-11-12-17(3)25-22(23-5)24-16-20-18(4)26-21(28-20)19-13-9-8-10-14-19/h8-10,13-14,17H,6-7,11-12,15-16H2,1-5H3,(H2,23,24,25). The fourth-order valence-electron chi connectivity index (χ4n) is 3.12. The summed E-state index contributed by atoms with van der Waals surface area (Å²) in [6, 6.07) is 10.7. The van der Waals surface area contributed by atoms with Gasteiger partial charge in [0.1, 0.15) is 5.01 Å². The molecule has 0 radical (unpaired) electrons. The van der Waals surface area contributed by atoms with Crippen LogP contribution in [0, 0.1) is 6.92 Å². The molecule has 0 spiro atoms. The highest BCUT2D eigenvalue weighted by Crippen LogP contribution is 2.27. The molecule has 0 aliphatic rings. The molecule has 1 aromatic heterocycles. The van der Waals surface area contributed by atoms with Crippen molar-refractivity contribution in [3.63, 3.8) is 0 Å². The lowest BCUT2D eigenvalue weighted by atomic mass is 10.2. The smallest absolute Gasteiger partial charge is 0.191 e. The molecule has 28 heavy (non-hydrogen) atoms. The van der Waals surface area contributed by atoms with Crippen LogP contribution in [-0.4, -0.2) is 48.6 Å². The Morgan fingerprint density at radius 1 is 1.21 bits per heavy atom. The summed E-state index contributed by atoms with van der Waals surface area (Å²) in [5.41, 5.74) is 2.25. The first-order valence-electron chi connectivity index (χ1n) is 10.3. The van der Waals surface area contributed by atoms with E-state index in [1.54, 1.807) is 11.3 Å². The van der Waals surface area contributed by atoms with E-state index in [4.69, 9.17) is 4.98 Å². The Hall–Kier alpha value is -1.92. The molecule has 0 amide bonds. The summed E-state index contributed by atoms with van der Waals surface area (Å²) in [4.78, 5) is 12.8. The number of hydrogen-bond acceptors (Lipinski definition) is 4. The fourth-order valence-corrected chi connectivity index (χ4v) is 4.13.